The zero-order valence-electron chi connectivity index (χ0n) is 7.06. The Labute approximate surface area is 71.6 Å². The highest BCUT2D eigenvalue weighted by Crippen LogP contribution is 2.42. The molecule has 1 saturated carbocycles. The number of aromatic amines is 1. The molecule has 0 aromatic carbocycles. The maximum Gasteiger partial charge on any atom is 0.151 e. The third-order valence-electron chi connectivity index (χ3n) is 2.78. The van der Waals surface area contributed by atoms with Crippen LogP contribution in [0, 0.1) is 0 Å². The molecule has 3 rings (SSSR count). The molecule has 0 unspecified atom stereocenters. The van der Waals surface area contributed by atoms with Gasteiger partial charge in [0.1, 0.15) is 0 Å². The minimum Gasteiger partial charge on any atom is -0.368 e. The molecule has 1 aromatic rings. The number of H-pyrrole nitrogens is 1. The van der Waals surface area contributed by atoms with Gasteiger partial charge in [-0.05, 0) is 25.7 Å². The third-order valence-corrected chi connectivity index (χ3v) is 2.78. The van der Waals surface area contributed by atoms with Crippen LogP contribution >= 0.6 is 0 Å². The van der Waals surface area contributed by atoms with Gasteiger partial charge in [0, 0.05) is 23.7 Å². The lowest BCUT2D eigenvalue weighted by Crippen LogP contribution is -2.11. The molecule has 1 aliphatic carbocycles. The zero-order chi connectivity index (χ0) is 7.97. The Balaban J connectivity index is 2.03. The van der Waals surface area contributed by atoms with E-state index in [0.717, 1.165) is 18.3 Å². The Morgan fingerprint density at radius 2 is 2.25 bits per heavy atom. The number of rotatable bonds is 1. The number of hydrogen-bond acceptors (Lipinski definition) is 2. The average molecular weight is 163 g/mol. The maximum absolute atomic E-state index is 4.28. The normalized spacial score (nSPS) is 21.7. The van der Waals surface area contributed by atoms with E-state index in [9.17, 15) is 0 Å². The van der Waals surface area contributed by atoms with E-state index in [1.54, 1.807) is 0 Å². The molecule has 1 aromatic heterocycles. The summed E-state index contributed by atoms with van der Waals surface area (Å²) in [7, 11) is 0. The van der Waals surface area contributed by atoms with Gasteiger partial charge in [-0.25, -0.2) is 0 Å². The molecular formula is C9H13N3. The van der Waals surface area contributed by atoms with Crippen LogP contribution in [0.1, 0.15) is 36.4 Å². The van der Waals surface area contributed by atoms with Gasteiger partial charge in [0.15, 0.2) is 5.82 Å². The minimum absolute atomic E-state index is 0.807. The average Bonchev–Trinajstić information content (AvgIpc) is 2.86. The van der Waals surface area contributed by atoms with Gasteiger partial charge in [0.2, 0.25) is 0 Å². The van der Waals surface area contributed by atoms with Crippen molar-refractivity contribution in [2.75, 3.05) is 11.9 Å². The lowest BCUT2D eigenvalue weighted by Gasteiger charge is -2.12. The quantitative estimate of drug-likeness (QED) is 0.660. The monoisotopic (exact) mass is 163 g/mol. The van der Waals surface area contributed by atoms with E-state index >= 15 is 0 Å². The fraction of sp³-hybridized carbons (Fsp3) is 0.667. The number of fused-ring (bicyclic) bond motifs is 1. The Morgan fingerprint density at radius 3 is 3.08 bits per heavy atom. The van der Waals surface area contributed by atoms with Crippen molar-refractivity contribution in [1.82, 2.24) is 10.2 Å². The summed E-state index contributed by atoms with van der Waals surface area (Å²) in [6.45, 7) is 1.09. The summed E-state index contributed by atoms with van der Waals surface area (Å²) in [6.07, 6.45) is 5.18. The summed E-state index contributed by atoms with van der Waals surface area (Å²) in [5, 5.41) is 10.8. The largest absolute Gasteiger partial charge is 0.368 e. The van der Waals surface area contributed by atoms with Crippen LogP contribution in [0.5, 0.6) is 0 Å². The molecule has 3 nitrogen and oxygen atoms in total. The summed E-state index contributed by atoms with van der Waals surface area (Å²) in [6, 6.07) is 0. The van der Waals surface area contributed by atoms with Crippen molar-refractivity contribution in [1.29, 1.82) is 0 Å². The van der Waals surface area contributed by atoms with Gasteiger partial charge in [-0.1, -0.05) is 0 Å². The standard InChI is InChI=1S/C9H13N3/c1-2-7-8(6-3-4-6)11-12-9(7)10-5-1/h6H,1-5H2,(H2,10,11,12). The van der Waals surface area contributed by atoms with Crippen LogP contribution in [-0.2, 0) is 6.42 Å². The van der Waals surface area contributed by atoms with Gasteiger partial charge in [-0.2, -0.15) is 5.10 Å². The van der Waals surface area contributed by atoms with Gasteiger partial charge < -0.3 is 5.32 Å². The van der Waals surface area contributed by atoms with Gasteiger partial charge in [-0.15, -0.1) is 0 Å². The van der Waals surface area contributed by atoms with Crippen molar-refractivity contribution in [2.45, 2.75) is 31.6 Å². The van der Waals surface area contributed by atoms with Crippen molar-refractivity contribution in [2.24, 2.45) is 0 Å². The summed E-state index contributed by atoms with van der Waals surface area (Å²) in [4.78, 5) is 0. The van der Waals surface area contributed by atoms with E-state index in [1.807, 2.05) is 0 Å². The second-order valence-corrected chi connectivity index (χ2v) is 3.77. The summed E-state index contributed by atoms with van der Waals surface area (Å²) in [5.74, 6) is 1.92. The van der Waals surface area contributed by atoms with Gasteiger partial charge in [0.05, 0.1) is 0 Å². The van der Waals surface area contributed by atoms with Gasteiger partial charge >= 0.3 is 0 Å². The first-order chi connectivity index (χ1) is 5.95. The maximum atomic E-state index is 4.28. The predicted octanol–water partition coefficient (Wildman–Crippen LogP) is 1.65. The topological polar surface area (TPSA) is 40.7 Å². The molecule has 2 heterocycles. The van der Waals surface area contributed by atoms with E-state index in [1.165, 1.54) is 36.9 Å². The van der Waals surface area contributed by atoms with Gasteiger partial charge in [-0.3, -0.25) is 5.10 Å². The first-order valence-electron chi connectivity index (χ1n) is 4.76. The van der Waals surface area contributed by atoms with E-state index in [2.05, 4.69) is 15.5 Å². The SMILES string of the molecule is C1CNc2n[nH]c(C3CC3)c2C1. The molecule has 1 aliphatic heterocycles. The second-order valence-electron chi connectivity index (χ2n) is 3.77. The number of nitrogens with zero attached hydrogens (tertiary/aromatic N) is 1. The van der Waals surface area contributed by atoms with Crippen molar-refractivity contribution >= 4 is 5.82 Å². The van der Waals surface area contributed by atoms with E-state index in [0.29, 0.717) is 0 Å². The van der Waals surface area contributed by atoms with Crippen LogP contribution in [0.4, 0.5) is 5.82 Å². The molecular weight excluding hydrogens is 150 g/mol. The minimum atomic E-state index is 0.807. The molecule has 2 aliphatic rings. The molecule has 0 atom stereocenters. The zero-order valence-corrected chi connectivity index (χ0v) is 7.06. The Kier molecular flexibility index (Phi) is 1.22. The molecule has 1 fully saturated rings. The molecule has 2 N–H and O–H groups in total. The van der Waals surface area contributed by atoms with Crippen molar-refractivity contribution in [3.63, 3.8) is 0 Å². The van der Waals surface area contributed by atoms with Crippen LogP contribution in [0.2, 0.25) is 0 Å². The first-order valence-corrected chi connectivity index (χ1v) is 4.76. The van der Waals surface area contributed by atoms with Crippen molar-refractivity contribution < 1.29 is 0 Å². The molecule has 64 valence electrons. The summed E-state index contributed by atoms with van der Waals surface area (Å²) >= 11 is 0. The Bertz CT molecular complexity index is 299. The first kappa shape index (κ1) is 6.52. The lowest BCUT2D eigenvalue weighted by atomic mass is 10.0. The number of anilines is 1. The fourth-order valence-corrected chi connectivity index (χ4v) is 1.96. The van der Waals surface area contributed by atoms with Crippen LogP contribution in [0.25, 0.3) is 0 Å². The molecule has 0 amide bonds. The Hall–Kier alpha value is -0.990. The molecule has 0 saturated heterocycles. The fourth-order valence-electron chi connectivity index (χ4n) is 1.96. The molecule has 0 bridgehead atoms. The number of hydrogen-bond donors (Lipinski definition) is 2. The Morgan fingerprint density at radius 1 is 1.33 bits per heavy atom. The molecule has 0 radical (unpaired) electrons. The number of nitrogens with one attached hydrogen (secondary N) is 2. The highest BCUT2D eigenvalue weighted by Gasteiger charge is 2.30. The van der Waals surface area contributed by atoms with Crippen LogP contribution < -0.4 is 5.32 Å². The van der Waals surface area contributed by atoms with Crippen molar-refractivity contribution in [3.05, 3.63) is 11.3 Å². The lowest BCUT2D eigenvalue weighted by molar-refractivity contribution is 0.817. The van der Waals surface area contributed by atoms with Crippen LogP contribution in [0.3, 0.4) is 0 Å². The highest BCUT2D eigenvalue weighted by atomic mass is 15.2. The summed E-state index contributed by atoms with van der Waals surface area (Å²) in [5.41, 5.74) is 2.88. The summed E-state index contributed by atoms with van der Waals surface area (Å²) < 4.78 is 0. The molecule has 12 heavy (non-hydrogen) atoms. The van der Waals surface area contributed by atoms with Crippen LogP contribution in [0.15, 0.2) is 0 Å². The second kappa shape index (κ2) is 2.25. The third kappa shape index (κ3) is 0.854. The predicted molar refractivity (Wildman–Crippen MR) is 47.4 cm³/mol. The van der Waals surface area contributed by atoms with Crippen molar-refractivity contribution in [3.8, 4) is 0 Å². The van der Waals surface area contributed by atoms with E-state index in [-0.39, 0.29) is 0 Å². The molecule has 3 heteroatoms. The highest BCUT2D eigenvalue weighted by molar-refractivity contribution is 5.50. The van der Waals surface area contributed by atoms with Crippen LogP contribution in [-0.4, -0.2) is 16.7 Å². The smallest absolute Gasteiger partial charge is 0.151 e. The van der Waals surface area contributed by atoms with E-state index < -0.39 is 0 Å². The molecule has 0 spiro atoms. The van der Waals surface area contributed by atoms with E-state index in [4.69, 9.17) is 0 Å². The number of aromatic nitrogens is 2. The van der Waals surface area contributed by atoms with Gasteiger partial charge in [0.25, 0.3) is 0 Å².